The Morgan fingerprint density at radius 1 is 1.24 bits per heavy atom. The topological polar surface area (TPSA) is 130 Å². The van der Waals surface area contributed by atoms with Gasteiger partial charge in [-0.3, -0.25) is 9.80 Å². The molecule has 3 saturated heterocycles. The number of piperazine rings is 1. The molecule has 3 N–H and O–H groups in total. The van der Waals surface area contributed by atoms with Crippen molar-refractivity contribution < 1.29 is 19.5 Å². The number of aromatic nitrogens is 2. The van der Waals surface area contributed by atoms with Crippen molar-refractivity contribution in [3.63, 3.8) is 0 Å². The van der Waals surface area contributed by atoms with E-state index >= 15 is 0 Å². The number of anilines is 1. The molecule has 34 heavy (non-hydrogen) atoms. The maximum absolute atomic E-state index is 12.8. The molecular weight excluding hydrogens is 438 g/mol. The summed E-state index contributed by atoms with van der Waals surface area (Å²) in [5, 5.41) is 12.4. The second kappa shape index (κ2) is 9.44. The van der Waals surface area contributed by atoms with Gasteiger partial charge in [-0.15, -0.1) is 0 Å². The third-order valence-corrected chi connectivity index (χ3v) is 6.88. The van der Waals surface area contributed by atoms with Crippen molar-refractivity contribution >= 4 is 17.7 Å². The first kappa shape index (κ1) is 24.3. The highest BCUT2D eigenvalue weighted by Crippen LogP contribution is 2.34. The van der Waals surface area contributed by atoms with Gasteiger partial charge in [-0.2, -0.15) is 9.97 Å². The number of hydrogen-bond donors (Lipinski definition) is 2. The Morgan fingerprint density at radius 3 is 2.47 bits per heavy atom. The summed E-state index contributed by atoms with van der Waals surface area (Å²) in [6.07, 6.45) is 3.64. The first-order chi connectivity index (χ1) is 16.1. The molecule has 0 radical (unpaired) electrons. The number of fused-ring (bicyclic) bond motifs is 2. The van der Waals surface area contributed by atoms with Gasteiger partial charge in [0.05, 0.1) is 12.1 Å². The number of carbonyl (C=O) groups is 1. The van der Waals surface area contributed by atoms with Gasteiger partial charge in [0.15, 0.2) is 5.84 Å². The number of nitrogens with zero attached hydrogens (tertiary/aromatic N) is 6. The highest BCUT2D eigenvalue weighted by molar-refractivity contribution is 5.95. The largest absolute Gasteiger partial charge is 0.459 e. The van der Waals surface area contributed by atoms with Crippen LogP contribution in [0.25, 0.3) is 0 Å². The number of rotatable bonds is 5. The van der Waals surface area contributed by atoms with Crippen LogP contribution >= 0.6 is 0 Å². The molecule has 188 valence electrons. The Morgan fingerprint density at radius 2 is 1.91 bits per heavy atom. The van der Waals surface area contributed by atoms with Crippen LogP contribution in [-0.2, 0) is 4.74 Å². The lowest BCUT2D eigenvalue weighted by Gasteiger charge is -2.41. The highest BCUT2D eigenvalue weighted by Gasteiger charge is 2.44. The number of likely N-dealkylation sites (tertiary alicyclic amines) is 1. The second-order valence-electron chi connectivity index (χ2n) is 10.6. The second-order valence-corrected chi connectivity index (χ2v) is 10.6. The van der Waals surface area contributed by atoms with E-state index in [1.165, 1.54) is 0 Å². The van der Waals surface area contributed by atoms with Gasteiger partial charge in [0, 0.05) is 25.2 Å². The quantitative estimate of drug-likeness (QED) is 0.284. The summed E-state index contributed by atoms with van der Waals surface area (Å²) in [6, 6.07) is 2.26. The summed E-state index contributed by atoms with van der Waals surface area (Å²) >= 11 is 0. The Balaban J connectivity index is 1.54. The summed E-state index contributed by atoms with van der Waals surface area (Å²) in [6.45, 7) is 9.93. The van der Waals surface area contributed by atoms with Crippen LogP contribution in [-0.4, -0.2) is 93.4 Å². The molecule has 3 aliphatic rings. The highest BCUT2D eigenvalue weighted by atomic mass is 16.6. The number of oxime groups is 1. The third-order valence-electron chi connectivity index (χ3n) is 6.88. The van der Waals surface area contributed by atoms with Gasteiger partial charge in [0.2, 0.25) is 0 Å². The van der Waals surface area contributed by atoms with Crippen LogP contribution < -0.4 is 15.4 Å². The Hall–Kier alpha value is -2.82. The van der Waals surface area contributed by atoms with Crippen molar-refractivity contribution in [2.45, 2.75) is 83.2 Å². The number of ether oxygens (including phenoxy) is 2. The van der Waals surface area contributed by atoms with E-state index < -0.39 is 5.60 Å². The Kier molecular flexibility index (Phi) is 6.75. The zero-order valence-corrected chi connectivity index (χ0v) is 20.8. The van der Waals surface area contributed by atoms with E-state index in [-0.39, 0.29) is 42.2 Å². The molecule has 11 nitrogen and oxygen atoms in total. The number of amidine groups is 1. The van der Waals surface area contributed by atoms with E-state index in [0.29, 0.717) is 24.6 Å². The summed E-state index contributed by atoms with van der Waals surface area (Å²) in [5.74, 6) is 0.536. The first-order valence-electron chi connectivity index (χ1n) is 12.1. The van der Waals surface area contributed by atoms with Gasteiger partial charge in [-0.25, -0.2) is 4.79 Å². The van der Waals surface area contributed by atoms with Gasteiger partial charge in [0.25, 0.3) is 0 Å². The maximum Gasteiger partial charge on any atom is 0.410 e. The van der Waals surface area contributed by atoms with Crippen LogP contribution in [0.15, 0.2) is 11.2 Å². The van der Waals surface area contributed by atoms with Gasteiger partial charge >= 0.3 is 12.1 Å². The Bertz CT molecular complexity index is 920. The number of likely N-dealkylation sites (N-methyl/N-ethyl adjacent to an activating group) is 1. The molecule has 1 aromatic heterocycles. The number of carbonyl (C=O) groups excluding carboxylic acids is 1. The molecule has 4 rings (SSSR count). The summed E-state index contributed by atoms with van der Waals surface area (Å²) in [7, 11) is 2.09. The fraction of sp³-hybridized carbons (Fsp3) is 0.739. The van der Waals surface area contributed by atoms with Gasteiger partial charge in [0.1, 0.15) is 23.2 Å². The lowest BCUT2D eigenvalue weighted by Crippen LogP contribution is -2.57. The van der Waals surface area contributed by atoms with Crippen LogP contribution in [0.3, 0.4) is 0 Å². The third kappa shape index (κ3) is 5.13. The average Bonchev–Trinajstić information content (AvgIpc) is 3.31. The van der Waals surface area contributed by atoms with E-state index in [2.05, 4.69) is 32.0 Å². The minimum absolute atomic E-state index is 0.0336. The molecule has 2 unspecified atom stereocenters. The average molecular weight is 476 g/mol. The van der Waals surface area contributed by atoms with Crippen LogP contribution in [0.4, 0.5) is 10.6 Å². The molecule has 3 aliphatic heterocycles. The standard InChI is InChI=1S/C23H37N7O4/c1-14(18-7-6-10-28(18)5)33-21-25-17(20(24)27-32)11-19(26-21)29-12-15-8-9-16(13-29)30(15)22(31)34-23(2,3)4/h11,14-16,18,32H,6-10,12-13H2,1-5H3,(H2,24,27)/t14-,15?,16?,18-/m0/s1. The van der Waals surface area contributed by atoms with Crippen molar-refractivity contribution in [2.24, 2.45) is 10.9 Å². The van der Waals surface area contributed by atoms with Crippen molar-refractivity contribution in [1.82, 2.24) is 19.8 Å². The number of hydrogen-bond acceptors (Lipinski definition) is 9. The van der Waals surface area contributed by atoms with Crippen molar-refractivity contribution in [3.05, 3.63) is 11.8 Å². The zero-order chi connectivity index (χ0) is 24.6. The van der Waals surface area contributed by atoms with Crippen molar-refractivity contribution in [3.8, 4) is 6.01 Å². The fourth-order valence-corrected chi connectivity index (χ4v) is 5.29. The SMILES string of the molecule is C[C@H](Oc1nc(/C(N)=N/O)cc(N2CC3CCC(C2)N3C(=O)OC(C)(C)C)n1)[C@@H]1CCCN1C. The molecule has 1 aromatic rings. The number of amides is 1. The van der Waals surface area contributed by atoms with Crippen LogP contribution in [0, 0.1) is 0 Å². The Labute approximate surface area is 200 Å². The van der Waals surface area contributed by atoms with Gasteiger partial charge in [-0.1, -0.05) is 5.16 Å². The molecule has 0 spiro atoms. The zero-order valence-electron chi connectivity index (χ0n) is 20.8. The molecule has 4 atom stereocenters. The van der Waals surface area contributed by atoms with E-state index in [9.17, 15) is 10.0 Å². The first-order valence-corrected chi connectivity index (χ1v) is 12.1. The van der Waals surface area contributed by atoms with E-state index in [1.807, 2.05) is 32.6 Å². The monoisotopic (exact) mass is 475 g/mol. The van der Waals surface area contributed by atoms with Gasteiger partial charge in [-0.05, 0) is 67.0 Å². The summed E-state index contributed by atoms with van der Waals surface area (Å²) < 4.78 is 11.8. The predicted octanol–water partition coefficient (Wildman–Crippen LogP) is 2.02. The van der Waals surface area contributed by atoms with E-state index in [4.69, 9.17) is 15.2 Å². The lowest BCUT2D eigenvalue weighted by atomic mass is 10.1. The smallest absolute Gasteiger partial charge is 0.410 e. The maximum atomic E-state index is 12.8. The summed E-state index contributed by atoms with van der Waals surface area (Å²) in [4.78, 5) is 28.2. The molecule has 0 saturated carbocycles. The van der Waals surface area contributed by atoms with Crippen molar-refractivity contribution in [2.75, 3.05) is 31.6 Å². The fourth-order valence-electron chi connectivity index (χ4n) is 5.29. The molecule has 2 bridgehead atoms. The van der Waals surface area contributed by atoms with Crippen LogP contribution in [0.1, 0.15) is 59.1 Å². The molecular formula is C23H37N7O4. The molecule has 4 heterocycles. The molecule has 0 aliphatic carbocycles. The molecule has 3 fully saturated rings. The van der Waals surface area contributed by atoms with Crippen molar-refractivity contribution in [1.29, 1.82) is 0 Å². The molecule has 0 aromatic carbocycles. The van der Waals surface area contributed by atoms with E-state index in [0.717, 1.165) is 32.2 Å². The lowest BCUT2D eigenvalue weighted by molar-refractivity contribution is 0.0122. The van der Waals surface area contributed by atoms with Crippen LogP contribution in [0.5, 0.6) is 6.01 Å². The van der Waals surface area contributed by atoms with E-state index in [1.54, 1.807) is 6.07 Å². The minimum Gasteiger partial charge on any atom is -0.459 e. The summed E-state index contributed by atoms with van der Waals surface area (Å²) in [5.41, 5.74) is 5.65. The minimum atomic E-state index is -0.535. The van der Waals surface area contributed by atoms with Gasteiger partial charge < -0.3 is 25.3 Å². The normalized spacial score (nSPS) is 26.6. The number of nitrogens with two attached hydrogens (primary N) is 1. The van der Waals surface area contributed by atoms with Crippen LogP contribution in [0.2, 0.25) is 0 Å². The molecule has 1 amide bonds. The predicted molar refractivity (Wildman–Crippen MR) is 127 cm³/mol. The molecule has 11 heteroatoms.